The maximum absolute atomic E-state index is 14.5. The van der Waals surface area contributed by atoms with Gasteiger partial charge in [0.1, 0.15) is 24.8 Å². The van der Waals surface area contributed by atoms with E-state index in [0.717, 1.165) is 24.0 Å². The Labute approximate surface area is 291 Å². The Morgan fingerprint density at radius 3 is 2.44 bits per heavy atom. The zero-order chi connectivity index (χ0) is 35.8. The van der Waals surface area contributed by atoms with Crippen LogP contribution in [0.25, 0.3) is 16.8 Å². The molecule has 1 atom stereocenters. The van der Waals surface area contributed by atoms with E-state index in [0.29, 0.717) is 22.3 Å². The number of guanidine groups is 1. The Balaban J connectivity index is 1.36. The molecule has 0 radical (unpaired) electrons. The van der Waals surface area contributed by atoms with Crippen molar-refractivity contribution in [1.82, 2.24) is 34.8 Å². The number of hydrogen-bond donors (Lipinski definition) is 2. The summed E-state index contributed by atoms with van der Waals surface area (Å²) >= 11 is 6.50. The summed E-state index contributed by atoms with van der Waals surface area (Å²) in [6, 6.07) is 10.9. The van der Waals surface area contributed by atoms with Gasteiger partial charge in [0, 0.05) is 23.9 Å². The molecule has 3 N–H and O–H groups in total. The van der Waals surface area contributed by atoms with Crippen LogP contribution in [0.1, 0.15) is 74.5 Å². The Kier molecular flexibility index (Phi) is 9.37. The van der Waals surface area contributed by atoms with Crippen LogP contribution in [0.4, 0.5) is 18.0 Å². The number of alkyl carbamates (subject to hydrolysis) is 1. The van der Waals surface area contributed by atoms with E-state index in [1.807, 2.05) is 37.0 Å². The van der Waals surface area contributed by atoms with Crippen molar-refractivity contribution in [1.29, 1.82) is 0 Å². The lowest BCUT2D eigenvalue weighted by molar-refractivity contribution is -0.164. The number of carbonyl (C=O) groups is 2. The van der Waals surface area contributed by atoms with Crippen LogP contribution in [0.3, 0.4) is 0 Å². The van der Waals surface area contributed by atoms with Crippen molar-refractivity contribution in [3.63, 3.8) is 0 Å². The largest absolute Gasteiger partial charge is 0.447 e. The number of nitrogens with zero attached hydrogens (tertiary/aromatic N) is 7. The number of halogens is 4. The van der Waals surface area contributed by atoms with Crippen molar-refractivity contribution in [3.05, 3.63) is 83.7 Å². The first-order valence-corrected chi connectivity index (χ1v) is 16.5. The van der Waals surface area contributed by atoms with Crippen molar-refractivity contribution >= 4 is 29.6 Å². The van der Waals surface area contributed by atoms with Crippen LogP contribution in [-0.4, -0.2) is 72.3 Å². The average Bonchev–Trinajstić information content (AvgIpc) is 3.95. The topological polar surface area (TPSA) is 146 Å². The number of carbonyl (C=O) groups excluding carboxylic acids is 2. The lowest BCUT2D eigenvalue weighted by Gasteiger charge is -2.32. The number of hydrogen-bond acceptors (Lipinski definition) is 7. The molecule has 2 amide bonds. The first-order valence-electron chi connectivity index (χ1n) is 16.1. The second-order valence-corrected chi connectivity index (χ2v) is 14.2. The van der Waals surface area contributed by atoms with E-state index in [1.54, 1.807) is 48.7 Å². The highest BCUT2D eigenvalue weighted by Crippen LogP contribution is 2.49. The third kappa shape index (κ3) is 7.77. The molecule has 16 heteroatoms. The molecular weight excluding hydrogens is 675 g/mol. The summed E-state index contributed by atoms with van der Waals surface area (Å²) in [6.45, 7) is 5.50. The highest BCUT2D eigenvalue weighted by Gasteiger charge is 2.64. The van der Waals surface area contributed by atoms with Crippen molar-refractivity contribution in [3.8, 4) is 16.8 Å². The minimum Gasteiger partial charge on any atom is -0.447 e. The van der Waals surface area contributed by atoms with Gasteiger partial charge < -0.3 is 15.8 Å². The van der Waals surface area contributed by atoms with Gasteiger partial charge in [-0.25, -0.2) is 14.5 Å². The lowest BCUT2D eigenvalue weighted by Crippen LogP contribution is -2.49. The van der Waals surface area contributed by atoms with Gasteiger partial charge in [-0.3, -0.25) is 19.4 Å². The van der Waals surface area contributed by atoms with Crippen LogP contribution in [-0.2, 0) is 4.74 Å². The minimum absolute atomic E-state index is 0.181. The Morgan fingerprint density at radius 1 is 1.12 bits per heavy atom. The number of benzene rings is 2. The molecule has 0 aliphatic heterocycles. The van der Waals surface area contributed by atoms with Gasteiger partial charge in [-0.1, -0.05) is 50.6 Å². The fourth-order valence-electron chi connectivity index (χ4n) is 5.33. The maximum Gasteiger partial charge on any atom is 0.411 e. The molecule has 2 fully saturated rings. The molecule has 6 rings (SSSR count). The van der Waals surface area contributed by atoms with Crippen LogP contribution in [0.15, 0.2) is 72.5 Å². The van der Waals surface area contributed by atoms with Crippen molar-refractivity contribution in [2.24, 2.45) is 16.1 Å². The molecule has 12 nitrogen and oxygen atoms in total. The fraction of sp³-hybridized carbons (Fsp3) is 0.412. The number of nitrogens with one attached hydrogen (secondary N) is 1. The predicted molar refractivity (Wildman–Crippen MR) is 180 cm³/mol. The Bertz CT molecular complexity index is 1880. The third-order valence-electron chi connectivity index (χ3n) is 8.51. The summed E-state index contributed by atoms with van der Waals surface area (Å²) in [5.41, 5.74) is 6.68. The average molecular weight is 712 g/mol. The monoisotopic (exact) mass is 711 g/mol. The summed E-state index contributed by atoms with van der Waals surface area (Å²) in [6.07, 6.45) is 2.20. The molecule has 2 aromatic carbocycles. The van der Waals surface area contributed by atoms with Gasteiger partial charge in [0.15, 0.2) is 5.96 Å². The molecule has 2 aliphatic rings. The van der Waals surface area contributed by atoms with Crippen LogP contribution in [0, 0.1) is 5.41 Å². The molecule has 50 heavy (non-hydrogen) atoms. The molecule has 0 bridgehead atoms. The SMILES string of the molecule is CC(C)(C)CN=C(N)N(C(=O)c1ccc(-c2cnn(C3CC3)c2)cc1)[C@H](COC(=O)NC1(C(F)(F)F)CC1)c1ccc(Cl)c(-n2cncn2)c1. The van der Waals surface area contributed by atoms with Gasteiger partial charge in [0.2, 0.25) is 0 Å². The molecule has 2 heterocycles. The van der Waals surface area contributed by atoms with E-state index < -0.39 is 36.4 Å². The number of aliphatic imine (C=N–C) groups is 1. The van der Waals surface area contributed by atoms with Gasteiger partial charge in [-0.15, -0.1) is 0 Å². The van der Waals surface area contributed by atoms with Gasteiger partial charge in [-0.2, -0.15) is 23.4 Å². The van der Waals surface area contributed by atoms with Crippen molar-refractivity contribution in [2.45, 2.75) is 70.3 Å². The molecular formula is C34H37ClF3N9O3. The Morgan fingerprint density at radius 2 is 1.84 bits per heavy atom. The number of nitrogens with two attached hydrogens (primary N) is 1. The smallest absolute Gasteiger partial charge is 0.411 e. The number of amides is 2. The third-order valence-corrected chi connectivity index (χ3v) is 8.83. The summed E-state index contributed by atoms with van der Waals surface area (Å²) < 4.78 is 49.7. The number of rotatable bonds is 10. The molecule has 0 spiro atoms. The van der Waals surface area contributed by atoms with E-state index in [1.165, 1.54) is 22.2 Å². The second-order valence-electron chi connectivity index (χ2n) is 13.8. The molecule has 0 saturated heterocycles. The second kappa shape index (κ2) is 13.4. The van der Waals surface area contributed by atoms with E-state index in [9.17, 15) is 22.8 Å². The molecule has 4 aromatic rings. The van der Waals surface area contributed by atoms with Crippen molar-refractivity contribution in [2.75, 3.05) is 13.2 Å². The zero-order valence-electron chi connectivity index (χ0n) is 27.7. The van der Waals surface area contributed by atoms with Gasteiger partial charge in [0.25, 0.3) is 5.91 Å². The van der Waals surface area contributed by atoms with Gasteiger partial charge >= 0.3 is 12.3 Å². The predicted octanol–water partition coefficient (Wildman–Crippen LogP) is 6.48. The summed E-state index contributed by atoms with van der Waals surface area (Å²) in [5.74, 6) is -0.763. The lowest BCUT2D eigenvalue weighted by atomic mass is 9.97. The number of aromatic nitrogens is 5. The summed E-state index contributed by atoms with van der Waals surface area (Å²) in [7, 11) is 0. The normalized spacial score (nSPS) is 16.5. The summed E-state index contributed by atoms with van der Waals surface area (Å²) in [5, 5.41) is 10.9. The quantitative estimate of drug-likeness (QED) is 0.141. The summed E-state index contributed by atoms with van der Waals surface area (Å²) in [4.78, 5) is 37.0. The minimum atomic E-state index is -4.65. The molecule has 2 saturated carbocycles. The van der Waals surface area contributed by atoms with E-state index in [4.69, 9.17) is 22.1 Å². The Hall–Kier alpha value is -4.92. The molecule has 264 valence electrons. The number of alkyl halides is 3. The zero-order valence-corrected chi connectivity index (χ0v) is 28.4. The first-order chi connectivity index (χ1) is 23.6. The van der Waals surface area contributed by atoms with E-state index in [2.05, 4.69) is 20.2 Å². The standard InChI is InChI=1S/C34H37ClF3N9O3/c1-32(2,3)18-41-30(39)47(29(48)22-6-4-21(5-7-22)24-15-42-45(16-24)25-9-10-25)28(17-50-31(49)44-33(12-13-33)34(36,37)38)23-8-11-26(35)27(14-23)46-20-40-19-43-46/h4-8,11,14-16,19-20,25,28H,9-10,12-13,17-18H2,1-3H3,(H2,39,41)(H,44,49)/t28-/m1/s1. The van der Waals surface area contributed by atoms with Crippen LogP contribution < -0.4 is 11.1 Å². The van der Waals surface area contributed by atoms with E-state index in [-0.39, 0.29) is 36.3 Å². The van der Waals surface area contributed by atoms with Crippen LogP contribution in [0.5, 0.6) is 0 Å². The molecule has 2 aromatic heterocycles. The molecule has 0 unspecified atom stereocenters. The van der Waals surface area contributed by atoms with Gasteiger partial charge in [0.05, 0.1) is 29.0 Å². The highest BCUT2D eigenvalue weighted by atomic mass is 35.5. The fourth-order valence-corrected chi connectivity index (χ4v) is 5.53. The van der Waals surface area contributed by atoms with Gasteiger partial charge in [-0.05, 0) is 66.5 Å². The van der Waals surface area contributed by atoms with E-state index >= 15 is 0 Å². The van der Waals surface area contributed by atoms with Crippen LogP contribution >= 0.6 is 11.6 Å². The first kappa shape index (κ1) is 34.9. The number of ether oxygens (including phenoxy) is 1. The maximum atomic E-state index is 14.5. The van der Waals surface area contributed by atoms with Crippen LogP contribution in [0.2, 0.25) is 5.02 Å². The molecule has 2 aliphatic carbocycles. The van der Waals surface area contributed by atoms with Crippen molar-refractivity contribution < 1.29 is 27.5 Å². The highest BCUT2D eigenvalue weighted by molar-refractivity contribution is 6.32.